The lowest BCUT2D eigenvalue weighted by atomic mass is 10.2. The molecule has 0 N–H and O–H groups in total. The first-order valence-electron chi connectivity index (χ1n) is 4.68. The predicted molar refractivity (Wildman–Crippen MR) is 62.5 cm³/mol. The molecule has 0 saturated carbocycles. The maximum Gasteiger partial charge on any atom is 0.248 e. The van der Waals surface area contributed by atoms with Crippen LogP contribution in [0.4, 0.5) is 0 Å². The van der Waals surface area contributed by atoms with Crippen molar-refractivity contribution in [3.8, 4) is 0 Å². The van der Waals surface area contributed by atoms with Crippen molar-refractivity contribution in [1.82, 2.24) is 0 Å². The van der Waals surface area contributed by atoms with Gasteiger partial charge in [0.25, 0.3) is 0 Å². The van der Waals surface area contributed by atoms with Crippen molar-refractivity contribution in [2.24, 2.45) is 0 Å². The van der Waals surface area contributed by atoms with Gasteiger partial charge in [-0.05, 0) is 18.4 Å². The van der Waals surface area contributed by atoms with E-state index < -0.39 is 0 Å². The van der Waals surface area contributed by atoms with Crippen molar-refractivity contribution in [3.05, 3.63) is 38.5 Å². The fourth-order valence-electron chi connectivity index (χ4n) is 1.49. The van der Waals surface area contributed by atoms with Crippen molar-refractivity contribution in [2.45, 2.75) is 19.9 Å². The summed E-state index contributed by atoms with van der Waals surface area (Å²) in [5.74, 6) is 0. The molecule has 0 fully saturated rings. The molecule has 1 atom stereocenters. The van der Waals surface area contributed by atoms with E-state index in [9.17, 15) is 4.79 Å². The van der Waals surface area contributed by atoms with Crippen LogP contribution in [0, 0.1) is 13.8 Å². The minimum atomic E-state index is -0.157. The van der Waals surface area contributed by atoms with E-state index in [1.807, 2.05) is 27.6 Å². The maximum absolute atomic E-state index is 11.2. The first kappa shape index (κ1) is 13.5. The summed E-state index contributed by atoms with van der Waals surface area (Å²) in [6, 6.07) is 3.82. The van der Waals surface area contributed by atoms with E-state index in [1.165, 1.54) is 10.6 Å². The number of aromatic nitrogens is 1. The normalized spacial score (nSPS) is 11.9. The number of hydrogen-bond donors (Lipinski definition) is 0. The number of halogens is 1. The van der Waals surface area contributed by atoms with Gasteiger partial charge in [0.15, 0.2) is 12.0 Å². The van der Waals surface area contributed by atoms with E-state index in [0.717, 1.165) is 11.2 Å². The van der Waals surface area contributed by atoms with Crippen molar-refractivity contribution < 1.29 is 26.3 Å². The van der Waals surface area contributed by atoms with Crippen LogP contribution in [-0.2, 0) is 4.79 Å². The fourth-order valence-corrected chi connectivity index (χ4v) is 3.10. The lowest BCUT2D eigenvalue weighted by Gasteiger charge is -2.01. The highest BCUT2D eigenvalue weighted by Crippen LogP contribution is 2.19. The molecule has 0 aliphatic heterocycles. The molecular weight excluding hydrogens is 306 g/mol. The summed E-state index contributed by atoms with van der Waals surface area (Å²) < 4.78 is 2.04. The third-order valence-electron chi connectivity index (χ3n) is 2.50. The van der Waals surface area contributed by atoms with Crippen LogP contribution in [0.3, 0.4) is 0 Å². The van der Waals surface area contributed by atoms with Gasteiger partial charge in [-0.2, -0.15) is 4.57 Å². The average molecular weight is 318 g/mol. The molecule has 0 spiro atoms. The largest absolute Gasteiger partial charge is 1.00 e. The Morgan fingerprint density at radius 2 is 2.12 bits per heavy atom. The van der Waals surface area contributed by atoms with Gasteiger partial charge in [-0.1, -0.05) is 17.4 Å². The molecule has 0 aliphatic carbocycles. The van der Waals surface area contributed by atoms with Gasteiger partial charge < -0.3 is 17.0 Å². The molecule has 0 amide bonds. The Hall–Kier alpha value is -0.520. The number of nitrogens with zero attached hydrogens (tertiary/aromatic N) is 1. The molecule has 1 unspecified atom stereocenters. The molecule has 0 saturated heterocycles. The Labute approximate surface area is 113 Å². The smallest absolute Gasteiger partial charge is 0.248 e. The predicted octanol–water partition coefficient (Wildman–Crippen LogP) is -0.494. The Morgan fingerprint density at radius 3 is 2.56 bits per heavy atom. The van der Waals surface area contributed by atoms with Gasteiger partial charge in [-0.25, -0.2) is 0 Å². The number of thiophene rings is 1. The summed E-state index contributed by atoms with van der Waals surface area (Å²) in [6.45, 7) is 4.13. The highest BCUT2D eigenvalue weighted by atomic mass is 79.9. The van der Waals surface area contributed by atoms with Crippen LogP contribution < -0.4 is 21.5 Å². The lowest BCUT2D eigenvalue weighted by Crippen LogP contribution is -3.00. The molecule has 2 rings (SSSR count). The fraction of sp³-hybridized carbons (Fsp3) is 0.273. The molecule has 2 heterocycles. The zero-order chi connectivity index (χ0) is 10.8. The number of carbonyl (C=O) groups is 1. The van der Waals surface area contributed by atoms with Crippen molar-refractivity contribution >= 4 is 29.0 Å². The molecule has 5 heteroatoms. The molecule has 0 radical (unpaired) electrons. The quantitative estimate of drug-likeness (QED) is 0.552. The van der Waals surface area contributed by atoms with Gasteiger partial charge in [-0.15, -0.1) is 11.3 Å². The molecule has 2 aromatic rings. The van der Waals surface area contributed by atoms with E-state index >= 15 is 0 Å². The second-order valence-corrected chi connectivity index (χ2v) is 5.41. The van der Waals surface area contributed by atoms with Crippen LogP contribution in [0.2, 0.25) is 0 Å². The first-order chi connectivity index (χ1) is 7.24. The molecule has 0 aromatic carbocycles. The van der Waals surface area contributed by atoms with Gasteiger partial charge in [0.05, 0.1) is 9.75 Å². The van der Waals surface area contributed by atoms with Crippen LogP contribution in [0.1, 0.15) is 21.5 Å². The minimum Gasteiger partial charge on any atom is -1.00 e. The lowest BCUT2D eigenvalue weighted by molar-refractivity contribution is -0.699. The third kappa shape index (κ3) is 2.42. The first-order valence-corrected chi connectivity index (χ1v) is 6.44. The summed E-state index contributed by atoms with van der Waals surface area (Å²) in [4.78, 5) is 13.5. The van der Waals surface area contributed by atoms with Crippen molar-refractivity contribution in [2.75, 3.05) is 0 Å². The third-order valence-corrected chi connectivity index (χ3v) is 4.43. The number of carbonyl (C=O) groups excluding carboxylic acids is 1. The molecule has 0 aliphatic rings. The number of rotatable bonds is 3. The van der Waals surface area contributed by atoms with Gasteiger partial charge in [0.1, 0.15) is 0 Å². The zero-order valence-corrected chi connectivity index (χ0v) is 12.2. The van der Waals surface area contributed by atoms with Gasteiger partial charge in [0.2, 0.25) is 11.6 Å². The van der Waals surface area contributed by atoms with Gasteiger partial charge >= 0.3 is 0 Å². The number of aldehydes is 1. The van der Waals surface area contributed by atoms with Crippen LogP contribution in [0.15, 0.2) is 23.0 Å². The summed E-state index contributed by atoms with van der Waals surface area (Å²) in [5.41, 5.74) is 3.19. The van der Waals surface area contributed by atoms with Crippen LogP contribution in [0.5, 0.6) is 0 Å². The number of hydrogen-bond acceptors (Lipinski definition) is 3. The molecule has 0 bridgehead atoms. The monoisotopic (exact) mass is 317 g/mol. The van der Waals surface area contributed by atoms with Crippen molar-refractivity contribution in [1.29, 1.82) is 0 Å². The Bertz CT molecular complexity index is 464. The number of thiazole rings is 1. The Morgan fingerprint density at radius 1 is 1.38 bits per heavy atom. The van der Waals surface area contributed by atoms with Gasteiger partial charge in [-0.3, -0.25) is 4.79 Å². The average Bonchev–Trinajstić information content (AvgIpc) is 2.84. The SMILES string of the molecule is Cc1sc[n+](C(C=O)c2cccs2)c1C.[Br-]. The second kappa shape index (κ2) is 5.70. The van der Waals surface area contributed by atoms with E-state index in [-0.39, 0.29) is 23.0 Å². The molecule has 2 aromatic heterocycles. The minimum absolute atomic E-state index is 0. The van der Waals surface area contributed by atoms with Crippen molar-refractivity contribution in [3.63, 3.8) is 0 Å². The number of aryl methyl sites for hydroxylation is 1. The van der Waals surface area contributed by atoms with E-state index in [4.69, 9.17) is 0 Å². The highest BCUT2D eigenvalue weighted by molar-refractivity contribution is 7.10. The maximum atomic E-state index is 11.2. The highest BCUT2D eigenvalue weighted by Gasteiger charge is 2.25. The van der Waals surface area contributed by atoms with Crippen LogP contribution >= 0.6 is 22.7 Å². The molecule has 16 heavy (non-hydrogen) atoms. The topological polar surface area (TPSA) is 20.9 Å². The van der Waals surface area contributed by atoms with E-state index in [1.54, 1.807) is 22.7 Å². The second-order valence-electron chi connectivity index (χ2n) is 3.37. The summed E-state index contributed by atoms with van der Waals surface area (Å²) >= 11 is 3.30. The molecule has 2 nitrogen and oxygen atoms in total. The van der Waals surface area contributed by atoms with E-state index in [2.05, 4.69) is 13.8 Å². The molecule has 86 valence electrons. The summed E-state index contributed by atoms with van der Waals surface area (Å²) in [6.07, 6.45) is 1.00. The zero-order valence-electron chi connectivity index (χ0n) is 9.01. The standard InChI is InChI=1S/C11H12NOS2.BrH/c1-8-9(2)15-7-12(8)10(6-13)11-4-3-5-14-11;/h3-7,10H,1-2H3;1H/q+1;/p-1. The van der Waals surface area contributed by atoms with Gasteiger partial charge in [0, 0.05) is 6.92 Å². The summed E-state index contributed by atoms with van der Waals surface area (Å²) in [5, 5.41) is 2.00. The molecular formula is C11H12BrNOS2. The van der Waals surface area contributed by atoms with Crippen LogP contribution in [0.25, 0.3) is 0 Å². The van der Waals surface area contributed by atoms with Crippen LogP contribution in [-0.4, -0.2) is 6.29 Å². The van der Waals surface area contributed by atoms with E-state index in [0.29, 0.717) is 0 Å². The Balaban J connectivity index is 0.00000128. The summed E-state index contributed by atoms with van der Waals surface area (Å²) in [7, 11) is 0. The Kier molecular flexibility index (Phi) is 4.83.